The number of aromatic nitrogens is 1. The lowest BCUT2D eigenvalue weighted by Crippen LogP contribution is -2.25. The van der Waals surface area contributed by atoms with Crippen molar-refractivity contribution in [1.82, 2.24) is 4.98 Å². The number of carboxylic acids is 1. The van der Waals surface area contributed by atoms with Gasteiger partial charge in [0, 0.05) is 17.8 Å². The Morgan fingerprint density at radius 3 is 3.07 bits per heavy atom. The van der Waals surface area contributed by atoms with Crippen molar-refractivity contribution < 1.29 is 14.3 Å². The van der Waals surface area contributed by atoms with Crippen LogP contribution in [0.3, 0.4) is 0 Å². The third kappa shape index (κ3) is 1.47. The molecule has 2 rings (SSSR count). The van der Waals surface area contributed by atoms with Crippen molar-refractivity contribution in [1.29, 1.82) is 0 Å². The van der Waals surface area contributed by atoms with Crippen molar-refractivity contribution in [2.24, 2.45) is 5.92 Å². The average molecular weight is 195 g/mol. The van der Waals surface area contributed by atoms with Gasteiger partial charge < -0.3 is 5.11 Å². The molecule has 1 aliphatic rings. The van der Waals surface area contributed by atoms with Gasteiger partial charge in [-0.3, -0.25) is 4.98 Å². The van der Waals surface area contributed by atoms with Crippen LogP contribution >= 0.6 is 0 Å². The number of halogens is 1. The SMILES string of the molecule is O=C(O)C(F)C1Cc2cccnc2C1. The zero-order chi connectivity index (χ0) is 10.1. The molecule has 74 valence electrons. The van der Waals surface area contributed by atoms with E-state index in [2.05, 4.69) is 4.98 Å². The van der Waals surface area contributed by atoms with E-state index in [1.807, 2.05) is 6.07 Å². The number of nitrogens with zero attached hydrogens (tertiary/aromatic N) is 1. The minimum atomic E-state index is -1.77. The number of hydrogen-bond donors (Lipinski definition) is 1. The summed E-state index contributed by atoms with van der Waals surface area (Å²) in [5.74, 6) is -1.82. The van der Waals surface area contributed by atoms with Gasteiger partial charge in [-0.15, -0.1) is 0 Å². The van der Waals surface area contributed by atoms with Crippen LogP contribution in [0.15, 0.2) is 18.3 Å². The molecule has 0 radical (unpaired) electrons. The predicted molar refractivity (Wildman–Crippen MR) is 47.7 cm³/mol. The highest BCUT2D eigenvalue weighted by molar-refractivity contribution is 5.72. The molecule has 1 heterocycles. The molecule has 0 aliphatic heterocycles. The first-order chi connectivity index (χ1) is 6.68. The third-order valence-electron chi connectivity index (χ3n) is 2.57. The van der Waals surface area contributed by atoms with E-state index in [9.17, 15) is 9.18 Å². The number of alkyl halides is 1. The van der Waals surface area contributed by atoms with Gasteiger partial charge in [0.25, 0.3) is 0 Å². The van der Waals surface area contributed by atoms with E-state index >= 15 is 0 Å². The minimum absolute atomic E-state index is 0.434. The molecule has 0 saturated carbocycles. The summed E-state index contributed by atoms with van der Waals surface area (Å²) in [5.41, 5.74) is 1.81. The van der Waals surface area contributed by atoms with Gasteiger partial charge in [0.1, 0.15) is 0 Å². The maximum absolute atomic E-state index is 13.2. The van der Waals surface area contributed by atoms with E-state index in [0.29, 0.717) is 12.8 Å². The Hall–Kier alpha value is -1.45. The lowest BCUT2D eigenvalue weighted by molar-refractivity contribution is -0.144. The molecule has 1 aromatic rings. The quantitative estimate of drug-likeness (QED) is 0.771. The molecule has 1 aliphatic carbocycles. The first kappa shape index (κ1) is 9.12. The Morgan fingerprint density at radius 2 is 2.43 bits per heavy atom. The van der Waals surface area contributed by atoms with E-state index in [-0.39, 0.29) is 0 Å². The molecule has 2 unspecified atom stereocenters. The summed E-state index contributed by atoms with van der Waals surface area (Å²) >= 11 is 0. The van der Waals surface area contributed by atoms with Crippen molar-refractivity contribution in [3.63, 3.8) is 0 Å². The molecule has 0 aromatic carbocycles. The molecule has 14 heavy (non-hydrogen) atoms. The lowest BCUT2D eigenvalue weighted by atomic mass is 10.0. The van der Waals surface area contributed by atoms with Crippen LogP contribution < -0.4 is 0 Å². The van der Waals surface area contributed by atoms with Gasteiger partial charge in [-0.1, -0.05) is 6.07 Å². The van der Waals surface area contributed by atoms with Crippen LogP contribution in [-0.2, 0) is 17.6 Å². The molecule has 0 fully saturated rings. The fourth-order valence-electron chi connectivity index (χ4n) is 1.85. The Labute approximate surface area is 80.6 Å². The van der Waals surface area contributed by atoms with Crippen LogP contribution in [0.4, 0.5) is 4.39 Å². The van der Waals surface area contributed by atoms with Crippen LogP contribution in [0.2, 0.25) is 0 Å². The second kappa shape index (κ2) is 3.36. The summed E-state index contributed by atoms with van der Waals surface area (Å²) in [7, 11) is 0. The number of rotatable bonds is 2. The van der Waals surface area contributed by atoms with E-state index in [0.717, 1.165) is 11.3 Å². The van der Waals surface area contributed by atoms with E-state index in [1.165, 1.54) is 0 Å². The zero-order valence-electron chi connectivity index (χ0n) is 7.48. The monoisotopic (exact) mass is 195 g/mol. The Balaban J connectivity index is 2.15. The highest BCUT2D eigenvalue weighted by atomic mass is 19.1. The number of carboxylic acid groups (broad SMARTS) is 1. The number of aliphatic carboxylic acids is 1. The average Bonchev–Trinajstić information content (AvgIpc) is 2.59. The van der Waals surface area contributed by atoms with Crippen LogP contribution in [0.5, 0.6) is 0 Å². The first-order valence-electron chi connectivity index (χ1n) is 4.48. The van der Waals surface area contributed by atoms with Crippen molar-refractivity contribution in [2.75, 3.05) is 0 Å². The van der Waals surface area contributed by atoms with E-state index in [1.54, 1.807) is 12.3 Å². The van der Waals surface area contributed by atoms with Gasteiger partial charge in [-0.05, 0) is 24.5 Å². The van der Waals surface area contributed by atoms with Crippen molar-refractivity contribution in [2.45, 2.75) is 19.0 Å². The second-order valence-electron chi connectivity index (χ2n) is 3.52. The normalized spacial score (nSPS) is 21.6. The number of fused-ring (bicyclic) bond motifs is 1. The molecule has 0 saturated heterocycles. The van der Waals surface area contributed by atoms with Crippen molar-refractivity contribution in [3.8, 4) is 0 Å². The Bertz CT molecular complexity index is 342. The summed E-state index contributed by atoms with van der Waals surface area (Å²) in [4.78, 5) is 14.5. The molecule has 0 amide bonds. The maximum atomic E-state index is 13.2. The largest absolute Gasteiger partial charge is 0.479 e. The molecule has 1 N–H and O–H groups in total. The summed E-state index contributed by atoms with van der Waals surface area (Å²) in [5, 5.41) is 8.53. The third-order valence-corrected chi connectivity index (χ3v) is 2.57. The zero-order valence-corrected chi connectivity index (χ0v) is 7.48. The minimum Gasteiger partial charge on any atom is -0.479 e. The molecule has 3 nitrogen and oxygen atoms in total. The Kier molecular flexibility index (Phi) is 2.19. The first-order valence-corrected chi connectivity index (χ1v) is 4.48. The van der Waals surface area contributed by atoms with Crippen LogP contribution in [0.25, 0.3) is 0 Å². The van der Waals surface area contributed by atoms with Gasteiger partial charge in [-0.2, -0.15) is 0 Å². The molecule has 0 spiro atoms. The standard InChI is InChI=1S/C10H10FNO2/c11-9(10(13)14)7-4-6-2-1-3-12-8(6)5-7/h1-3,7,9H,4-5H2,(H,13,14). The smallest absolute Gasteiger partial charge is 0.338 e. The van der Waals surface area contributed by atoms with Crippen LogP contribution in [-0.4, -0.2) is 22.2 Å². The molecule has 1 aromatic heterocycles. The summed E-state index contributed by atoms with van der Waals surface area (Å²) in [6.45, 7) is 0. The topological polar surface area (TPSA) is 50.2 Å². The lowest BCUT2D eigenvalue weighted by Gasteiger charge is -2.09. The van der Waals surface area contributed by atoms with E-state index < -0.39 is 18.1 Å². The van der Waals surface area contributed by atoms with Gasteiger partial charge in [0.2, 0.25) is 6.17 Å². The molecular formula is C10H10FNO2. The number of pyridine rings is 1. The van der Waals surface area contributed by atoms with Crippen molar-refractivity contribution in [3.05, 3.63) is 29.6 Å². The molecule has 0 bridgehead atoms. The summed E-state index contributed by atoms with van der Waals surface area (Å²) < 4.78 is 13.2. The van der Waals surface area contributed by atoms with Crippen molar-refractivity contribution >= 4 is 5.97 Å². The van der Waals surface area contributed by atoms with E-state index in [4.69, 9.17) is 5.11 Å². The fraction of sp³-hybridized carbons (Fsp3) is 0.400. The van der Waals surface area contributed by atoms with Crippen LogP contribution in [0, 0.1) is 5.92 Å². The van der Waals surface area contributed by atoms with Gasteiger partial charge in [0.15, 0.2) is 0 Å². The molecule has 4 heteroatoms. The van der Waals surface area contributed by atoms with Gasteiger partial charge in [-0.25, -0.2) is 9.18 Å². The summed E-state index contributed by atoms with van der Waals surface area (Å²) in [6, 6.07) is 3.66. The number of hydrogen-bond acceptors (Lipinski definition) is 2. The maximum Gasteiger partial charge on any atom is 0.338 e. The van der Waals surface area contributed by atoms with Gasteiger partial charge >= 0.3 is 5.97 Å². The summed E-state index contributed by atoms with van der Waals surface area (Å²) in [6.07, 6.45) is 0.791. The fourth-order valence-corrected chi connectivity index (χ4v) is 1.85. The highest BCUT2D eigenvalue weighted by Crippen LogP contribution is 2.28. The highest BCUT2D eigenvalue weighted by Gasteiger charge is 2.33. The van der Waals surface area contributed by atoms with Gasteiger partial charge in [0.05, 0.1) is 0 Å². The predicted octanol–water partition coefficient (Wildman–Crippen LogP) is 1.22. The second-order valence-corrected chi connectivity index (χ2v) is 3.52. The molecular weight excluding hydrogens is 185 g/mol. The Morgan fingerprint density at radius 1 is 1.64 bits per heavy atom. The molecule has 2 atom stereocenters. The number of carbonyl (C=O) groups is 1. The van der Waals surface area contributed by atoms with Crippen LogP contribution in [0.1, 0.15) is 11.3 Å².